The lowest BCUT2D eigenvalue weighted by Gasteiger charge is -2.04. The van der Waals surface area contributed by atoms with Crippen LogP contribution < -0.4 is 0 Å². The van der Waals surface area contributed by atoms with Gasteiger partial charge in [-0.2, -0.15) is 0 Å². The summed E-state index contributed by atoms with van der Waals surface area (Å²) in [7, 11) is 2.08. The Labute approximate surface area is 108 Å². The Kier molecular flexibility index (Phi) is 2.48. The van der Waals surface area contributed by atoms with Gasteiger partial charge in [0.25, 0.3) is 0 Å². The molecule has 0 bridgehead atoms. The molecule has 0 unspecified atom stereocenters. The van der Waals surface area contributed by atoms with Gasteiger partial charge in [-0.3, -0.25) is 4.98 Å². The van der Waals surface area contributed by atoms with Crippen molar-refractivity contribution in [3.63, 3.8) is 0 Å². The number of hydrogen-bond acceptors (Lipinski definition) is 1. The fourth-order valence-corrected chi connectivity index (χ4v) is 3.00. The fourth-order valence-electron chi connectivity index (χ4n) is 2.17. The molecule has 3 heteroatoms. The molecule has 17 heavy (non-hydrogen) atoms. The number of benzene rings is 1. The van der Waals surface area contributed by atoms with E-state index in [0.29, 0.717) is 0 Å². The van der Waals surface area contributed by atoms with Crippen molar-refractivity contribution in [2.45, 2.75) is 0 Å². The monoisotopic (exact) mass is 286 g/mol. The van der Waals surface area contributed by atoms with Gasteiger partial charge in [0.1, 0.15) is 0 Å². The van der Waals surface area contributed by atoms with Crippen molar-refractivity contribution >= 4 is 26.8 Å². The smallest absolute Gasteiger partial charge is 0.0648 e. The van der Waals surface area contributed by atoms with Crippen molar-refractivity contribution in [3.8, 4) is 11.3 Å². The lowest BCUT2D eigenvalue weighted by molar-refractivity contribution is 0.974. The number of para-hydroxylation sites is 1. The summed E-state index contributed by atoms with van der Waals surface area (Å²) in [5.74, 6) is 0. The highest BCUT2D eigenvalue weighted by atomic mass is 79.9. The van der Waals surface area contributed by atoms with Crippen LogP contribution in [0.15, 0.2) is 53.3 Å². The number of rotatable bonds is 1. The fraction of sp³-hybridized carbons (Fsp3) is 0.0714. The average molecular weight is 287 g/mol. The van der Waals surface area contributed by atoms with Gasteiger partial charge in [0.05, 0.1) is 10.2 Å². The summed E-state index contributed by atoms with van der Waals surface area (Å²) in [6, 6.07) is 12.4. The molecule has 3 rings (SSSR count). The minimum Gasteiger partial charge on any atom is -0.343 e. The molecule has 2 aromatic heterocycles. The maximum absolute atomic E-state index is 4.18. The van der Waals surface area contributed by atoms with Crippen LogP contribution in [0.25, 0.3) is 22.2 Å². The van der Waals surface area contributed by atoms with E-state index in [2.05, 4.69) is 62.9 Å². The van der Waals surface area contributed by atoms with Gasteiger partial charge in [-0.05, 0) is 34.1 Å². The van der Waals surface area contributed by atoms with Crippen molar-refractivity contribution < 1.29 is 0 Å². The third-order valence-corrected chi connectivity index (χ3v) is 3.78. The van der Waals surface area contributed by atoms with E-state index in [9.17, 15) is 0 Å². The van der Waals surface area contributed by atoms with Gasteiger partial charge in [0, 0.05) is 35.9 Å². The Bertz CT molecular complexity index is 632. The number of halogens is 1. The van der Waals surface area contributed by atoms with E-state index in [4.69, 9.17) is 0 Å². The molecule has 0 fully saturated rings. The average Bonchev–Trinajstić information content (AvgIpc) is 2.64. The van der Waals surface area contributed by atoms with Crippen molar-refractivity contribution in [1.82, 2.24) is 9.55 Å². The number of pyridine rings is 1. The molecule has 3 aromatic rings. The number of fused-ring (bicyclic) bond motifs is 1. The number of aryl methyl sites for hydroxylation is 1. The zero-order chi connectivity index (χ0) is 11.8. The van der Waals surface area contributed by atoms with E-state index in [0.717, 1.165) is 10.0 Å². The Morgan fingerprint density at radius 1 is 1.12 bits per heavy atom. The molecule has 0 saturated heterocycles. The molecule has 2 heterocycles. The van der Waals surface area contributed by atoms with Crippen molar-refractivity contribution in [2.24, 2.45) is 7.05 Å². The zero-order valence-electron chi connectivity index (χ0n) is 9.39. The Balaban J connectivity index is 2.38. The first-order chi connectivity index (χ1) is 8.29. The van der Waals surface area contributed by atoms with Gasteiger partial charge in [0.15, 0.2) is 0 Å². The molecule has 0 aliphatic heterocycles. The predicted octanol–water partition coefficient (Wildman–Crippen LogP) is 4.00. The zero-order valence-corrected chi connectivity index (χ0v) is 11.0. The van der Waals surface area contributed by atoms with E-state index in [1.54, 1.807) is 6.20 Å². The summed E-state index contributed by atoms with van der Waals surface area (Å²) < 4.78 is 3.32. The van der Waals surface area contributed by atoms with E-state index < -0.39 is 0 Å². The second kappa shape index (κ2) is 4.00. The SMILES string of the molecule is Cn1c(-c2cccnc2)c(Br)c2ccccc21. The highest BCUT2D eigenvalue weighted by molar-refractivity contribution is 9.10. The van der Waals surface area contributed by atoms with Crippen LogP contribution >= 0.6 is 15.9 Å². The number of hydrogen-bond donors (Lipinski definition) is 0. The van der Waals surface area contributed by atoms with Gasteiger partial charge < -0.3 is 4.57 Å². The number of aromatic nitrogens is 2. The molecule has 0 amide bonds. The highest BCUT2D eigenvalue weighted by Crippen LogP contribution is 2.36. The molecular weight excluding hydrogens is 276 g/mol. The van der Waals surface area contributed by atoms with Gasteiger partial charge in [-0.15, -0.1) is 0 Å². The van der Waals surface area contributed by atoms with Crippen LogP contribution in [-0.4, -0.2) is 9.55 Å². The lowest BCUT2D eigenvalue weighted by atomic mass is 10.2. The maximum Gasteiger partial charge on any atom is 0.0648 e. The third-order valence-electron chi connectivity index (χ3n) is 2.98. The number of nitrogens with zero attached hydrogens (tertiary/aromatic N) is 2. The molecule has 0 aliphatic carbocycles. The van der Waals surface area contributed by atoms with Crippen molar-refractivity contribution in [3.05, 3.63) is 53.3 Å². The van der Waals surface area contributed by atoms with E-state index in [1.807, 2.05) is 12.3 Å². The maximum atomic E-state index is 4.18. The largest absolute Gasteiger partial charge is 0.343 e. The highest BCUT2D eigenvalue weighted by Gasteiger charge is 2.13. The Morgan fingerprint density at radius 2 is 1.94 bits per heavy atom. The Morgan fingerprint density at radius 3 is 2.65 bits per heavy atom. The van der Waals surface area contributed by atoms with E-state index >= 15 is 0 Å². The second-order valence-corrected chi connectivity index (χ2v) is 4.77. The van der Waals surface area contributed by atoms with Gasteiger partial charge in [-0.25, -0.2) is 0 Å². The molecule has 1 aromatic carbocycles. The van der Waals surface area contributed by atoms with E-state index in [1.165, 1.54) is 16.6 Å². The summed E-state index contributed by atoms with van der Waals surface area (Å²) >= 11 is 3.69. The summed E-state index contributed by atoms with van der Waals surface area (Å²) in [5, 5.41) is 1.23. The van der Waals surface area contributed by atoms with Gasteiger partial charge in [-0.1, -0.05) is 18.2 Å². The van der Waals surface area contributed by atoms with Crippen LogP contribution in [0.1, 0.15) is 0 Å². The molecule has 2 nitrogen and oxygen atoms in total. The minimum absolute atomic E-state index is 1.12. The van der Waals surface area contributed by atoms with Crippen LogP contribution in [0.2, 0.25) is 0 Å². The standard InChI is InChI=1S/C14H11BrN2/c1-17-12-7-3-2-6-11(12)13(15)14(17)10-5-4-8-16-9-10/h2-9H,1H3. The first-order valence-corrected chi connectivity index (χ1v) is 6.21. The molecule has 0 aliphatic rings. The van der Waals surface area contributed by atoms with Gasteiger partial charge in [0.2, 0.25) is 0 Å². The van der Waals surface area contributed by atoms with Gasteiger partial charge >= 0.3 is 0 Å². The predicted molar refractivity (Wildman–Crippen MR) is 73.9 cm³/mol. The molecule has 0 saturated carbocycles. The van der Waals surface area contributed by atoms with Crippen molar-refractivity contribution in [1.29, 1.82) is 0 Å². The topological polar surface area (TPSA) is 17.8 Å². The minimum atomic E-state index is 1.12. The molecule has 84 valence electrons. The molecule has 0 atom stereocenters. The Hall–Kier alpha value is -1.61. The first kappa shape index (κ1) is 10.5. The summed E-state index contributed by atoms with van der Waals surface area (Å²) in [6.07, 6.45) is 3.68. The van der Waals surface area contributed by atoms with Crippen LogP contribution in [0.4, 0.5) is 0 Å². The first-order valence-electron chi connectivity index (χ1n) is 5.42. The second-order valence-electron chi connectivity index (χ2n) is 3.98. The summed E-state index contributed by atoms with van der Waals surface area (Å²) in [5.41, 5.74) is 3.51. The molecule has 0 spiro atoms. The van der Waals surface area contributed by atoms with Crippen molar-refractivity contribution in [2.75, 3.05) is 0 Å². The summed E-state index contributed by atoms with van der Waals surface area (Å²) in [4.78, 5) is 4.18. The lowest BCUT2D eigenvalue weighted by Crippen LogP contribution is -1.91. The third kappa shape index (κ3) is 1.58. The molecular formula is C14H11BrN2. The quantitative estimate of drug-likeness (QED) is 0.661. The normalized spacial score (nSPS) is 10.9. The molecule has 0 radical (unpaired) electrons. The summed E-state index contributed by atoms with van der Waals surface area (Å²) in [6.45, 7) is 0. The van der Waals surface area contributed by atoms with Crippen LogP contribution in [-0.2, 0) is 7.05 Å². The van der Waals surface area contributed by atoms with Crippen LogP contribution in [0.5, 0.6) is 0 Å². The molecule has 0 N–H and O–H groups in total. The van der Waals surface area contributed by atoms with E-state index in [-0.39, 0.29) is 0 Å². The van der Waals surface area contributed by atoms with Crippen LogP contribution in [0.3, 0.4) is 0 Å². The van der Waals surface area contributed by atoms with Crippen LogP contribution in [0, 0.1) is 0 Å².